The number of hydrogen-bond donors (Lipinski definition) is 2. The number of carboxylic acids is 1. The Bertz CT molecular complexity index is 1020. The fourth-order valence-corrected chi connectivity index (χ4v) is 3.10. The molecule has 3 rings (SSSR count). The lowest BCUT2D eigenvalue weighted by atomic mass is 10.1. The van der Waals surface area contributed by atoms with Gasteiger partial charge in [0.05, 0.1) is 22.2 Å². The molecule has 0 aromatic heterocycles. The number of anilines is 1. The zero-order chi connectivity index (χ0) is 21.5. The van der Waals surface area contributed by atoms with Gasteiger partial charge in [-0.3, -0.25) is 0 Å². The topological polar surface area (TPSA) is 67.8 Å². The molecule has 0 saturated carbocycles. The minimum atomic E-state index is -0.945. The highest BCUT2D eigenvalue weighted by atomic mass is 35.5. The van der Waals surface area contributed by atoms with Crippen molar-refractivity contribution in [3.63, 3.8) is 0 Å². The molecular weight excluding hydrogens is 425 g/mol. The van der Waals surface area contributed by atoms with Crippen molar-refractivity contribution < 1.29 is 19.4 Å². The van der Waals surface area contributed by atoms with E-state index in [0.717, 1.165) is 16.8 Å². The van der Waals surface area contributed by atoms with E-state index in [1.54, 1.807) is 36.4 Å². The van der Waals surface area contributed by atoms with E-state index >= 15 is 0 Å². The summed E-state index contributed by atoms with van der Waals surface area (Å²) in [4.78, 5) is 10.9. The number of ether oxygens (including phenoxy) is 2. The van der Waals surface area contributed by atoms with Crippen molar-refractivity contribution in [2.75, 3.05) is 11.9 Å². The Kier molecular flexibility index (Phi) is 7.44. The first kappa shape index (κ1) is 21.8. The van der Waals surface area contributed by atoms with E-state index in [0.29, 0.717) is 41.3 Å². The third kappa shape index (κ3) is 5.81. The molecular formula is C23H21Cl2NO4. The zero-order valence-corrected chi connectivity index (χ0v) is 17.8. The van der Waals surface area contributed by atoms with Crippen LogP contribution in [0.4, 0.5) is 5.69 Å². The van der Waals surface area contributed by atoms with Gasteiger partial charge in [-0.25, -0.2) is 4.79 Å². The summed E-state index contributed by atoms with van der Waals surface area (Å²) in [5.74, 6) is 0.343. The Balaban J connectivity index is 1.66. The maximum Gasteiger partial charge on any atom is 0.335 e. The third-order valence-corrected chi connectivity index (χ3v) is 5.05. The summed E-state index contributed by atoms with van der Waals surface area (Å²) >= 11 is 12.0. The SMILES string of the molecule is CCOc1cc(CNc2ccc(C(=O)O)cc2)ccc1OCc1ccc(Cl)c(Cl)c1. The van der Waals surface area contributed by atoms with Gasteiger partial charge in [-0.1, -0.05) is 35.3 Å². The molecule has 0 heterocycles. The molecule has 7 heteroatoms. The highest BCUT2D eigenvalue weighted by Crippen LogP contribution is 2.30. The minimum Gasteiger partial charge on any atom is -0.490 e. The largest absolute Gasteiger partial charge is 0.490 e. The van der Waals surface area contributed by atoms with Crippen LogP contribution in [-0.4, -0.2) is 17.7 Å². The van der Waals surface area contributed by atoms with Crippen LogP contribution in [0.5, 0.6) is 11.5 Å². The molecule has 3 aromatic rings. The quantitative estimate of drug-likeness (QED) is 0.405. The molecule has 0 saturated heterocycles. The fourth-order valence-electron chi connectivity index (χ4n) is 2.78. The summed E-state index contributed by atoms with van der Waals surface area (Å²) in [6, 6.07) is 17.7. The second-order valence-corrected chi connectivity index (χ2v) is 7.30. The molecule has 0 aliphatic heterocycles. The van der Waals surface area contributed by atoms with Crippen molar-refractivity contribution in [2.45, 2.75) is 20.1 Å². The monoisotopic (exact) mass is 445 g/mol. The molecule has 0 aliphatic carbocycles. The van der Waals surface area contributed by atoms with Crippen molar-refractivity contribution in [2.24, 2.45) is 0 Å². The summed E-state index contributed by atoms with van der Waals surface area (Å²) in [5, 5.41) is 13.2. The molecule has 0 atom stereocenters. The normalized spacial score (nSPS) is 10.5. The van der Waals surface area contributed by atoms with Gasteiger partial charge in [-0.05, 0) is 66.6 Å². The van der Waals surface area contributed by atoms with E-state index in [-0.39, 0.29) is 5.56 Å². The van der Waals surface area contributed by atoms with E-state index in [1.165, 1.54) is 0 Å². The number of carboxylic acid groups (broad SMARTS) is 1. The summed E-state index contributed by atoms with van der Waals surface area (Å²) < 4.78 is 11.7. The van der Waals surface area contributed by atoms with E-state index in [9.17, 15) is 4.79 Å². The van der Waals surface area contributed by atoms with Crippen LogP contribution < -0.4 is 14.8 Å². The minimum absolute atomic E-state index is 0.252. The lowest BCUT2D eigenvalue weighted by Crippen LogP contribution is -2.03. The highest BCUT2D eigenvalue weighted by Gasteiger charge is 2.09. The van der Waals surface area contributed by atoms with Crippen LogP contribution in [0.2, 0.25) is 10.0 Å². The molecule has 30 heavy (non-hydrogen) atoms. The Morgan fingerprint density at radius 1 is 0.900 bits per heavy atom. The van der Waals surface area contributed by atoms with Gasteiger partial charge in [0.1, 0.15) is 6.61 Å². The predicted molar refractivity (Wildman–Crippen MR) is 119 cm³/mol. The van der Waals surface area contributed by atoms with Crippen molar-refractivity contribution in [3.8, 4) is 11.5 Å². The van der Waals surface area contributed by atoms with Crippen LogP contribution in [0, 0.1) is 0 Å². The molecule has 5 nitrogen and oxygen atoms in total. The molecule has 0 spiro atoms. The summed E-state index contributed by atoms with van der Waals surface area (Å²) in [6.45, 7) is 3.32. The molecule has 0 unspecified atom stereocenters. The van der Waals surface area contributed by atoms with Crippen molar-refractivity contribution in [3.05, 3.63) is 87.4 Å². The first-order chi connectivity index (χ1) is 14.5. The van der Waals surface area contributed by atoms with Crippen LogP contribution >= 0.6 is 23.2 Å². The summed E-state index contributed by atoms with van der Waals surface area (Å²) in [7, 11) is 0. The van der Waals surface area contributed by atoms with Crippen LogP contribution in [0.3, 0.4) is 0 Å². The standard InChI is InChI=1S/C23H21Cl2NO4/c1-2-29-22-12-15(13-26-18-7-5-17(6-8-18)23(27)28)4-10-21(22)30-14-16-3-9-19(24)20(25)11-16/h3-12,26H,2,13-14H2,1H3,(H,27,28). The fraction of sp³-hybridized carbons (Fsp3) is 0.174. The molecule has 0 amide bonds. The van der Waals surface area contributed by atoms with Gasteiger partial charge in [0.15, 0.2) is 11.5 Å². The second-order valence-electron chi connectivity index (χ2n) is 6.49. The smallest absolute Gasteiger partial charge is 0.335 e. The number of nitrogens with one attached hydrogen (secondary N) is 1. The third-order valence-electron chi connectivity index (χ3n) is 4.31. The Labute approximate surface area is 185 Å². The number of rotatable bonds is 9. The van der Waals surface area contributed by atoms with Gasteiger partial charge in [0, 0.05) is 12.2 Å². The maximum atomic E-state index is 10.9. The van der Waals surface area contributed by atoms with E-state index in [2.05, 4.69) is 5.32 Å². The first-order valence-electron chi connectivity index (χ1n) is 9.36. The second kappa shape index (κ2) is 10.2. The van der Waals surface area contributed by atoms with Crippen molar-refractivity contribution >= 4 is 34.9 Å². The van der Waals surface area contributed by atoms with Crippen LogP contribution in [0.25, 0.3) is 0 Å². The van der Waals surface area contributed by atoms with E-state index in [4.69, 9.17) is 37.8 Å². The molecule has 3 aromatic carbocycles. The number of halogens is 2. The first-order valence-corrected chi connectivity index (χ1v) is 10.1. The Hall–Kier alpha value is -2.89. The lowest BCUT2D eigenvalue weighted by molar-refractivity contribution is 0.0697. The summed E-state index contributed by atoms with van der Waals surface area (Å²) in [6.07, 6.45) is 0. The van der Waals surface area contributed by atoms with E-state index < -0.39 is 5.97 Å². The van der Waals surface area contributed by atoms with Gasteiger partial charge in [-0.2, -0.15) is 0 Å². The molecule has 0 aliphatic rings. The van der Waals surface area contributed by atoms with Crippen molar-refractivity contribution in [1.29, 1.82) is 0 Å². The predicted octanol–water partition coefficient (Wildman–Crippen LogP) is 6.28. The molecule has 0 fully saturated rings. The molecule has 2 N–H and O–H groups in total. The number of hydrogen-bond acceptors (Lipinski definition) is 4. The lowest BCUT2D eigenvalue weighted by Gasteiger charge is -2.14. The average molecular weight is 446 g/mol. The van der Waals surface area contributed by atoms with Gasteiger partial charge in [0.2, 0.25) is 0 Å². The maximum absolute atomic E-state index is 10.9. The molecule has 0 bridgehead atoms. The zero-order valence-electron chi connectivity index (χ0n) is 16.3. The van der Waals surface area contributed by atoms with Gasteiger partial charge in [-0.15, -0.1) is 0 Å². The van der Waals surface area contributed by atoms with Crippen LogP contribution in [0.15, 0.2) is 60.7 Å². The van der Waals surface area contributed by atoms with Gasteiger partial charge in [0.25, 0.3) is 0 Å². The number of aromatic carboxylic acids is 1. The van der Waals surface area contributed by atoms with E-state index in [1.807, 2.05) is 31.2 Å². The average Bonchev–Trinajstić information content (AvgIpc) is 2.74. The van der Waals surface area contributed by atoms with Gasteiger partial charge >= 0.3 is 5.97 Å². The summed E-state index contributed by atoms with van der Waals surface area (Å²) in [5.41, 5.74) is 2.99. The highest BCUT2D eigenvalue weighted by molar-refractivity contribution is 6.42. The Morgan fingerprint density at radius 2 is 1.63 bits per heavy atom. The van der Waals surface area contributed by atoms with Gasteiger partial charge < -0.3 is 19.9 Å². The van der Waals surface area contributed by atoms with Crippen LogP contribution in [0.1, 0.15) is 28.4 Å². The molecule has 0 radical (unpaired) electrons. The van der Waals surface area contributed by atoms with Crippen molar-refractivity contribution in [1.82, 2.24) is 0 Å². The molecule has 156 valence electrons. The number of carbonyl (C=O) groups is 1. The van der Waals surface area contributed by atoms with Crippen LogP contribution in [-0.2, 0) is 13.2 Å². The number of benzene rings is 3. The Morgan fingerprint density at radius 3 is 2.30 bits per heavy atom.